The molecule has 1 aliphatic rings. The monoisotopic (exact) mass is 253 g/mol. The quantitative estimate of drug-likeness (QED) is 0.794. The molecule has 5 heteroatoms. The van der Waals surface area contributed by atoms with Crippen LogP contribution >= 0.6 is 11.6 Å². The van der Waals surface area contributed by atoms with E-state index in [9.17, 15) is 4.79 Å². The van der Waals surface area contributed by atoms with E-state index in [0.29, 0.717) is 10.8 Å². The zero-order valence-electron chi connectivity index (χ0n) is 10.0. The van der Waals surface area contributed by atoms with Crippen molar-refractivity contribution in [2.75, 3.05) is 11.9 Å². The number of pyridine rings is 1. The Labute approximate surface area is 106 Å². The average molecular weight is 254 g/mol. The van der Waals surface area contributed by atoms with Crippen molar-refractivity contribution in [3.8, 4) is 0 Å². The van der Waals surface area contributed by atoms with Gasteiger partial charge >= 0.3 is 0 Å². The summed E-state index contributed by atoms with van der Waals surface area (Å²) < 4.78 is 0. The van der Waals surface area contributed by atoms with Crippen LogP contribution in [-0.4, -0.2) is 23.0 Å². The predicted octanol–water partition coefficient (Wildman–Crippen LogP) is 2.12. The summed E-state index contributed by atoms with van der Waals surface area (Å²) in [5.74, 6) is -0.0153. The zero-order chi connectivity index (χ0) is 12.5. The van der Waals surface area contributed by atoms with Gasteiger partial charge in [0, 0.05) is 0 Å². The first-order valence-corrected chi connectivity index (χ1v) is 6.08. The molecule has 4 nitrogen and oxygen atoms in total. The maximum atomic E-state index is 12.1. The molecule has 0 aliphatic carbocycles. The minimum Gasteiger partial charge on any atom is -0.323 e. The normalized spacial score (nSPS) is 23.7. The van der Waals surface area contributed by atoms with Crippen LogP contribution in [0.2, 0.25) is 5.15 Å². The molecule has 1 fully saturated rings. The van der Waals surface area contributed by atoms with E-state index in [0.717, 1.165) is 24.9 Å². The molecule has 0 saturated carbocycles. The number of aromatic nitrogens is 1. The summed E-state index contributed by atoms with van der Waals surface area (Å²) in [5, 5.41) is 6.56. The molecular weight excluding hydrogens is 238 g/mol. The molecule has 2 heterocycles. The highest BCUT2D eigenvalue weighted by Gasteiger charge is 2.35. The smallest absolute Gasteiger partial charge is 0.244 e. The zero-order valence-corrected chi connectivity index (χ0v) is 10.8. The van der Waals surface area contributed by atoms with Gasteiger partial charge in [-0.25, -0.2) is 4.98 Å². The molecule has 2 N–H and O–H groups in total. The van der Waals surface area contributed by atoms with Crippen LogP contribution < -0.4 is 10.6 Å². The Kier molecular flexibility index (Phi) is 3.35. The average Bonchev–Trinajstić information content (AvgIpc) is 2.72. The number of hydrogen-bond donors (Lipinski definition) is 2. The van der Waals surface area contributed by atoms with Gasteiger partial charge in [-0.15, -0.1) is 0 Å². The van der Waals surface area contributed by atoms with Crippen molar-refractivity contribution in [3.63, 3.8) is 0 Å². The van der Waals surface area contributed by atoms with Crippen molar-refractivity contribution in [2.24, 2.45) is 0 Å². The van der Waals surface area contributed by atoms with E-state index >= 15 is 0 Å². The van der Waals surface area contributed by atoms with E-state index in [2.05, 4.69) is 15.6 Å². The molecule has 1 aliphatic heterocycles. The Morgan fingerprint density at radius 3 is 3.00 bits per heavy atom. The maximum absolute atomic E-state index is 12.1. The third kappa shape index (κ3) is 2.58. The van der Waals surface area contributed by atoms with Crippen LogP contribution in [0.25, 0.3) is 0 Å². The van der Waals surface area contributed by atoms with Gasteiger partial charge in [0.1, 0.15) is 5.15 Å². The van der Waals surface area contributed by atoms with Gasteiger partial charge in [-0.2, -0.15) is 0 Å². The molecular formula is C12H16ClN3O. The van der Waals surface area contributed by atoms with Crippen LogP contribution in [0.3, 0.4) is 0 Å². The first-order chi connectivity index (χ1) is 8.01. The largest absolute Gasteiger partial charge is 0.323 e. The molecule has 0 aromatic carbocycles. The number of amides is 1. The Bertz CT molecular complexity index is 441. The highest BCUT2D eigenvalue weighted by atomic mass is 35.5. The third-order valence-electron chi connectivity index (χ3n) is 3.14. The van der Waals surface area contributed by atoms with Gasteiger partial charge in [0.15, 0.2) is 0 Å². The van der Waals surface area contributed by atoms with Crippen molar-refractivity contribution in [3.05, 3.63) is 23.0 Å². The van der Waals surface area contributed by atoms with Gasteiger partial charge in [0.25, 0.3) is 0 Å². The van der Waals surface area contributed by atoms with Gasteiger partial charge in [0.05, 0.1) is 17.4 Å². The van der Waals surface area contributed by atoms with Crippen molar-refractivity contribution in [1.82, 2.24) is 10.3 Å². The van der Waals surface area contributed by atoms with Crippen molar-refractivity contribution in [1.29, 1.82) is 0 Å². The second-order valence-corrected chi connectivity index (χ2v) is 5.01. The summed E-state index contributed by atoms with van der Waals surface area (Å²) in [5.41, 5.74) is 1.08. The lowest BCUT2D eigenvalue weighted by atomic mass is 9.99. The summed E-state index contributed by atoms with van der Waals surface area (Å²) >= 11 is 5.84. The van der Waals surface area contributed by atoms with E-state index in [4.69, 9.17) is 11.6 Å². The highest BCUT2D eigenvalue weighted by Crippen LogP contribution is 2.22. The third-order valence-corrected chi connectivity index (χ3v) is 3.54. The summed E-state index contributed by atoms with van der Waals surface area (Å²) in [7, 11) is 0. The Balaban J connectivity index is 2.10. The standard InChI is InChI=1S/C12H16ClN3O/c1-8-6-9(7-14-10(8)13)16-11(17)12(2)4-3-5-15-12/h6-7,15H,3-5H2,1-2H3,(H,16,17). The van der Waals surface area contributed by atoms with Crippen LogP contribution in [-0.2, 0) is 4.79 Å². The van der Waals surface area contributed by atoms with Gasteiger partial charge in [-0.3, -0.25) is 4.79 Å². The molecule has 1 aromatic rings. The fraction of sp³-hybridized carbons (Fsp3) is 0.500. The molecule has 1 atom stereocenters. The topological polar surface area (TPSA) is 54.0 Å². The minimum atomic E-state index is -0.465. The molecule has 0 spiro atoms. The van der Waals surface area contributed by atoms with Crippen LogP contribution in [0.5, 0.6) is 0 Å². The first kappa shape index (κ1) is 12.3. The van der Waals surface area contributed by atoms with Gasteiger partial charge in [-0.05, 0) is 44.9 Å². The number of halogens is 1. The van der Waals surface area contributed by atoms with Crippen LogP contribution in [0.15, 0.2) is 12.3 Å². The summed E-state index contributed by atoms with van der Waals surface area (Å²) in [6.07, 6.45) is 3.46. The van der Waals surface area contributed by atoms with Gasteiger partial charge in [0.2, 0.25) is 5.91 Å². The van der Waals surface area contributed by atoms with E-state index in [1.54, 1.807) is 6.20 Å². The Morgan fingerprint density at radius 1 is 1.65 bits per heavy atom. The molecule has 1 unspecified atom stereocenters. The molecule has 1 saturated heterocycles. The number of nitrogens with zero attached hydrogens (tertiary/aromatic N) is 1. The van der Waals surface area contributed by atoms with Gasteiger partial charge < -0.3 is 10.6 Å². The van der Waals surface area contributed by atoms with Crippen molar-refractivity contribution >= 4 is 23.2 Å². The van der Waals surface area contributed by atoms with Gasteiger partial charge in [-0.1, -0.05) is 11.6 Å². The summed E-state index contributed by atoms with van der Waals surface area (Å²) in [6.45, 7) is 4.67. The number of nitrogens with one attached hydrogen (secondary N) is 2. The van der Waals surface area contributed by atoms with E-state index in [-0.39, 0.29) is 5.91 Å². The fourth-order valence-corrected chi connectivity index (χ4v) is 2.09. The lowest BCUT2D eigenvalue weighted by Crippen LogP contribution is -2.47. The summed E-state index contributed by atoms with van der Waals surface area (Å²) in [4.78, 5) is 16.1. The summed E-state index contributed by atoms with van der Waals surface area (Å²) in [6, 6.07) is 1.82. The Morgan fingerprint density at radius 2 is 2.41 bits per heavy atom. The lowest BCUT2D eigenvalue weighted by molar-refractivity contribution is -0.121. The minimum absolute atomic E-state index is 0.0153. The molecule has 0 radical (unpaired) electrons. The van der Waals surface area contributed by atoms with Crippen molar-refractivity contribution in [2.45, 2.75) is 32.2 Å². The highest BCUT2D eigenvalue weighted by molar-refractivity contribution is 6.30. The SMILES string of the molecule is Cc1cc(NC(=O)C2(C)CCCN2)cnc1Cl. The van der Waals surface area contributed by atoms with Crippen molar-refractivity contribution < 1.29 is 4.79 Å². The second kappa shape index (κ2) is 4.63. The number of carbonyl (C=O) groups excluding carboxylic acids is 1. The van der Waals surface area contributed by atoms with Crippen LogP contribution in [0.4, 0.5) is 5.69 Å². The van der Waals surface area contributed by atoms with Crippen LogP contribution in [0, 0.1) is 6.92 Å². The molecule has 17 heavy (non-hydrogen) atoms. The Hall–Kier alpha value is -1.13. The molecule has 1 aromatic heterocycles. The predicted molar refractivity (Wildman–Crippen MR) is 68.3 cm³/mol. The lowest BCUT2D eigenvalue weighted by Gasteiger charge is -2.23. The van der Waals surface area contributed by atoms with E-state index < -0.39 is 5.54 Å². The number of hydrogen-bond acceptors (Lipinski definition) is 3. The van der Waals surface area contributed by atoms with E-state index in [1.165, 1.54) is 0 Å². The number of rotatable bonds is 2. The first-order valence-electron chi connectivity index (χ1n) is 5.70. The fourth-order valence-electron chi connectivity index (χ4n) is 1.98. The molecule has 0 bridgehead atoms. The molecule has 1 amide bonds. The maximum Gasteiger partial charge on any atom is 0.244 e. The molecule has 92 valence electrons. The molecule has 2 rings (SSSR count). The van der Waals surface area contributed by atoms with E-state index in [1.807, 2.05) is 19.9 Å². The number of anilines is 1. The van der Waals surface area contributed by atoms with Crippen LogP contribution in [0.1, 0.15) is 25.3 Å². The number of carbonyl (C=O) groups is 1. The number of aryl methyl sites for hydroxylation is 1. The second-order valence-electron chi connectivity index (χ2n) is 4.65.